The van der Waals surface area contributed by atoms with Crippen molar-refractivity contribution in [3.63, 3.8) is 0 Å². The first-order valence-corrected chi connectivity index (χ1v) is 8.11. The fourth-order valence-electron chi connectivity index (χ4n) is 1.24. The molecule has 0 saturated carbocycles. The number of methoxy groups -OCH3 is 1. The van der Waals surface area contributed by atoms with Crippen LogP contribution in [0, 0.1) is 7.14 Å². The summed E-state index contributed by atoms with van der Waals surface area (Å²) in [6, 6.07) is 19.0. The number of hydrogen-bond acceptors (Lipinski definition) is 3. The summed E-state index contributed by atoms with van der Waals surface area (Å²) in [6.07, 6.45) is -5.19. The minimum Gasteiger partial charge on any atom is -0.542 e. The molecule has 0 aliphatic rings. The van der Waals surface area contributed by atoms with Crippen LogP contribution in [0.3, 0.4) is 0 Å². The monoisotopic (exact) mass is 424 g/mol. The number of rotatable bonds is 3. The molecule has 0 saturated heterocycles. The molecule has 0 unspecified atom stereocenters. The average Bonchev–Trinajstić information content (AvgIpc) is 2.49. The number of ether oxygens (including phenoxy) is 1. The first kappa shape index (κ1) is 18.3. The predicted molar refractivity (Wildman–Crippen MR) is 67.9 cm³/mol. The maximum absolute atomic E-state index is 10.5. The average molecular weight is 424 g/mol. The van der Waals surface area contributed by atoms with E-state index in [0.29, 0.717) is 0 Å². The number of halogens is 4. The van der Waals surface area contributed by atoms with Crippen molar-refractivity contribution in [2.75, 3.05) is 7.11 Å². The minimum atomic E-state index is -5.19. The lowest BCUT2D eigenvalue weighted by molar-refractivity contribution is -0.597. The Morgan fingerprint density at radius 2 is 1.45 bits per heavy atom. The number of benzene rings is 2. The van der Waals surface area contributed by atoms with Crippen molar-refractivity contribution in [2.45, 2.75) is 6.18 Å². The molecule has 0 fully saturated rings. The third-order valence-electron chi connectivity index (χ3n) is 2.23. The van der Waals surface area contributed by atoms with Gasteiger partial charge in [0, 0.05) is 0 Å². The van der Waals surface area contributed by atoms with Gasteiger partial charge < -0.3 is 14.6 Å². The van der Waals surface area contributed by atoms with Crippen LogP contribution in [0.2, 0.25) is 0 Å². The minimum absolute atomic E-state index is 0.0449. The summed E-state index contributed by atoms with van der Waals surface area (Å²) in [4.78, 5) is 8.78. The highest BCUT2D eigenvalue weighted by Crippen LogP contribution is 2.11. The summed E-state index contributed by atoms with van der Waals surface area (Å²) < 4.78 is 39.5. The van der Waals surface area contributed by atoms with E-state index in [1.807, 2.05) is 12.1 Å². The smallest absolute Gasteiger partial charge is 0.430 e. The molecule has 0 N–H and O–H groups in total. The topological polar surface area (TPSA) is 49.4 Å². The van der Waals surface area contributed by atoms with Gasteiger partial charge in [0.15, 0.2) is 7.14 Å². The van der Waals surface area contributed by atoms with E-state index in [2.05, 4.69) is 42.5 Å². The van der Waals surface area contributed by atoms with Crippen molar-refractivity contribution in [2.24, 2.45) is 0 Å². The van der Waals surface area contributed by atoms with Crippen molar-refractivity contribution >= 4 is 5.97 Å². The Kier molecular flexibility index (Phi) is 7.16. The molecule has 3 nitrogen and oxygen atoms in total. The number of carboxylic acid groups (broad SMARTS) is 1. The SMILES string of the molecule is COc1ccc([I+]c2ccccc2)cc1.O=C([O-])C(F)(F)F. The van der Waals surface area contributed by atoms with E-state index < -0.39 is 12.1 Å². The fourth-order valence-corrected chi connectivity index (χ4v) is 3.45. The standard InChI is InChI=1S/C13H12IO.C2HF3O2/c1-15-13-9-7-12(8-10-13)14-11-5-3-2-4-6-11;3-2(4,5)1(6)7/h2-10H,1H3;(H,6,7)/q+1;/p-1. The highest BCUT2D eigenvalue weighted by Gasteiger charge is 2.28. The molecule has 0 heterocycles. The lowest BCUT2D eigenvalue weighted by atomic mass is 10.3. The largest absolute Gasteiger partial charge is 0.542 e. The van der Waals surface area contributed by atoms with Crippen LogP contribution < -0.4 is 31.0 Å². The number of carboxylic acids is 1. The van der Waals surface area contributed by atoms with Crippen LogP contribution in [0.5, 0.6) is 5.75 Å². The zero-order valence-corrected chi connectivity index (χ0v) is 13.6. The van der Waals surface area contributed by atoms with E-state index in [0.717, 1.165) is 5.75 Å². The Hall–Kier alpha value is -1.77. The van der Waals surface area contributed by atoms with Crippen LogP contribution in [0.15, 0.2) is 54.6 Å². The first-order valence-electron chi connectivity index (χ1n) is 5.95. The third kappa shape index (κ3) is 6.79. The predicted octanol–water partition coefficient (Wildman–Crippen LogP) is -0.878. The molecular weight excluding hydrogens is 412 g/mol. The van der Waals surface area contributed by atoms with Crippen molar-refractivity contribution in [1.29, 1.82) is 0 Å². The Labute approximate surface area is 136 Å². The van der Waals surface area contributed by atoms with Crippen LogP contribution in [-0.2, 0) is 4.79 Å². The van der Waals surface area contributed by atoms with Gasteiger partial charge in [0.2, 0.25) is 0 Å². The van der Waals surface area contributed by atoms with Gasteiger partial charge >= 0.3 is 27.4 Å². The second-order valence-electron chi connectivity index (χ2n) is 3.83. The van der Waals surface area contributed by atoms with Crippen molar-refractivity contribution in [3.8, 4) is 5.75 Å². The van der Waals surface area contributed by atoms with E-state index in [1.54, 1.807) is 7.11 Å². The van der Waals surface area contributed by atoms with Crippen molar-refractivity contribution in [1.82, 2.24) is 0 Å². The number of aliphatic carboxylic acids is 1. The molecule has 0 atom stereocenters. The lowest BCUT2D eigenvalue weighted by Crippen LogP contribution is -3.61. The normalized spacial score (nSPS) is 10.4. The zero-order valence-electron chi connectivity index (χ0n) is 11.4. The van der Waals surface area contributed by atoms with Gasteiger partial charge in [0.25, 0.3) is 0 Å². The first-order chi connectivity index (χ1) is 10.3. The summed E-state index contributed by atoms with van der Waals surface area (Å²) in [7, 11) is 1.70. The Bertz CT molecular complexity index is 583. The molecule has 0 radical (unpaired) electrons. The van der Waals surface area contributed by atoms with Crippen molar-refractivity contribution in [3.05, 3.63) is 61.7 Å². The second-order valence-corrected chi connectivity index (χ2v) is 6.86. The van der Waals surface area contributed by atoms with Gasteiger partial charge in [0.05, 0.1) is 7.11 Å². The van der Waals surface area contributed by atoms with Gasteiger partial charge in [-0.15, -0.1) is 0 Å². The van der Waals surface area contributed by atoms with E-state index in [1.165, 1.54) is 7.14 Å². The molecule has 2 aromatic rings. The molecule has 7 heteroatoms. The van der Waals surface area contributed by atoms with Gasteiger partial charge in [0.1, 0.15) is 11.7 Å². The lowest BCUT2D eigenvalue weighted by Gasteiger charge is -2.03. The molecule has 0 spiro atoms. The van der Waals surface area contributed by atoms with Crippen LogP contribution >= 0.6 is 0 Å². The molecule has 0 aliphatic heterocycles. The van der Waals surface area contributed by atoms with E-state index in [4.69, 9.17) is 14.6 Å². The molecule has 22 heavy (non-hydrogen) atoms. The van der Waals surface area contributed by atoms with Crippen LogP contribution in [0.1, 0.15) is 0 Å². The Morgan fingerprint density at radius 3 is 1.86 bits per heavy atom. The summed E-state index contributed by atoms with van der Waals surface area (Å²) in [5.41, 5.74) is 0. The summed E-state index contributed by atoms with van der Waals surface area (Å²) >= 11 is -0.0449. The van der Waals surface area contributed by atoms with Gasteiger partial charge in [-0.2, -0.15) is 13.2 Å². The van der Waals surface area contributed by atoms with Crippen LogP contribution in [0.4, 0.5) is 13.2 Å². The Morgan fingerprint density at radius 1 is 1.00 bits per heavy atom. The fraction of sp³-hybridized carbons (Fsp3) is 0.133. The second kappa shape index (κ2) is 8.62. The molecular formula is C15H12F3IO3. The third-order valence-corrected chi connectivity index (χ3v) is 4.92. The maximum Gasteiger partial charge on any atom is 0.430 e. The molecule has 0 aromatic heterocycles. The van der Waals surface area contributed by atoms with Gasteiger partial charge in [-0.1, -0.05) is 18.2 Å². The maximum atomic E-state index is 10.5. The van der Waals surface area contributed by atoms with E-state index in [9.17, 15) is 13.2 Å². The molecule has 2 rings (SSSR count). The van der Waals surface area contributed by atoms with Gasteiger partial charge in [-0.3, -0.25) is 0 Å². The summed E-state index contributed by atoms with van der Waals surface area (Å²) in [5, 5.41) is 8.78. The quantitative estimate of drug-likeness (QED) is 0.602. The van der Waals surface area contributed by atoms with Gasteiger partial charge in [-0.25, -0.2) is 0 Å². The molecule has 118 valence electrons. The molecule has 0 amide bonds. The van der Waals surface area contributed by atoms with Crippen LogP contribution in [-0.4, -0.2) is 19.3 Å². The number of alkyl halides is 3. The van der Waals surface area contributed by atoms with Crippen molar-refractivity contribution < 1.29 is 49.0 Å². The summed E-state index contributed by atoms with van der Waals surface area (Å²) in [6.45, 7) is 0. The number of hydrogen-bond donors (Lipinski definition) is 0. The van der Waals surface area contributed by atoms with Crippen LogP contribution in [0.25, 0.3) is 0 Å². The number of carbonyl (C=O) groups excluding carboxylic acids is 1. The molecule has 0 bridgehead atoms. The highest BCUT2D eigenvalue weighted by molar-refractivity contribution is 5.70. The van der Waals surface area contributed by atoms with E-state index in [-0.39, 0.29) is 21.2 Å². The molecule has 2 aromatic carbocycles. The summed E-state index contributed by atoms with van der Waals surface area (Å²) in [5.74, 6) is -2.08. The van der Waals surface area contributed by atoms with Gasteiger partial charge in [-0.05, 0) is 36.4 Å². The number of carbonyl (C=O) groups is 1. The molecule has 0 aliphatic carbocycles. The van der Waals surface area contributed by atoms with E-state index >= 15 is 0 Å². The zero-order chi connectivity index (χ0) is 16.6. The highest BCUT2D eigenvalue weighted by atomic mass is 127. The Balaban J connectivity index is 0.000000295.